The molecule has 0 spiro atoms. The quantitative estimate of drug-likeness (QED) is 0.694. The smallest absolute Gasteiger partial charge is 0.268 e. The van der Waals surface area contributed by atoms with Gasteiger partial charge in [-0.25, -0.2) is 8.42 Å². The molecule has 29 heavy (non-hydrogen) atoms. The number of carbonyl (C=O) groups excluding carboxylic acids is 1. The number of hydrogen-bond donors (Lipinski definition) is 0. The van der Waals surface area contributed by atoms with Crippen molar-refractivity contribution in [2.24, 2.45) is 0 Å². The van der Waals surface area contributed by atoms with Crippen molar-refractivity contribution in [1.82, 2.24) is 4.90 Å². The van der Waals surface area contributed by atoms with Gasteiger partial charge in [0.1, 0.15) is 17.2 Å². The molecule has 2 aromatic carbocycles. The van der Waals surface area contributed by atoms with Crippen LogP contribution in [0.4, 0.5) is 5.69 Å². The summed E-state index contributed by atoms with van der Waals surface area (Å²) in [5.41, 5.74) is 2.37. The molecule has 0 aliphatic carbocycles. The minimum absolute atomic E-state index is 0.0637. The van der Waals surface area contributed by atoms with Gasteiger partial charge in [0.05, 0.1) is 12.8 Å². The van der Waals surface area contributed by atoms with Crippen LogP contribution in [-0.2, 0) is 21.2 Å². The summed E-state index contributed by atoms with van der Waals surface area (Å²) >= 11 is 0. The molecule has 1 aliphatic heterocycles. The maximum absolute atomic E-state index is 13.6. The van der Waals surface area contributed by atoms with Gasteiger partial charge in [-0.05, 0) is 61.6 Å². The molecule has 1 saturated heterocycles. The molecular formula is C22H28N2O4S. The molecule has 1 heterocycles. The normalized spacial score (nSPS) is 14.1. The molecule has 7 heteroatoms. The minimum atomic E-state index is -4.00. The van der Waals surface area contributed by atoms with Crippen molar-refractivity contribution in [3.05, 3.63) is 53.6 Å². The van der Waals surface area contributed by atoms with Crippen LogP contribution in [0.5, 0.6) is 5.75 Å². The predicted molar refractivity (Wildman–Crippen MR) is 114 cm³/mol. The number of sulfonamides is 1. The number of amides is 1. The Hall–Kier alpha value is -2.54. The van der Waals surface area contributed by atoms with Crippen LogP contribution in [0.3, 0.4) is 0 Å². The predicted octanol–water partition coefficient (Wildman–Crippen LogP) is 3.38. The molecule has 0 N–H and O–H groups in total. The van der Waals surface area contributed by atoms with E-state index < -0.39 is 10.0 Å². The summed E-state index contributed by atoms with van der Waals surface area (Å²) in [4.78, 5) is 14.6. The van der Waals surface area contributed by atoms with Crippen LogP contribution in [-0.4, -0.2) is 46.0 Å². The van der Waals surface area contributed by atoms with Crippen LogP contribution < -0.4 is 9.04 Å². The van der Waals surface area contributed by atoms with Crippen molar-refractivity contribution in [3.8, 4) is 5.75 Å². The summed E-state index contributed by atoms with van der Waals surface area (Å²) in [5, 5.41) is 0. The highest BCUT2D eigenvalue weighted by Gasteiger charge is 2.32. The molecule has 0 saturated carbocycles. The molecule has 0 aromatic heterocycles. The summed E-state index contributed by atoms with van der Waals surface area (Å²) in [6, 6.07) is 12.3. The molecule has 0 unspecified atom stereocenters. The zero-order chi connectivity index (χ0) is 21.0. The zero-order valence-corrected chi connectivity index (χ0v) is 18.0. The fraction of sp³-hybridized carbons (Fsp3) is 0.409. The number of nitrogens with zero attached hydrogens (tertiary/aromatic N) is 2. The topological polar surface area (TPSA) is 66.9 Å². The Bertz CT molecular complexity index is 965. The molecule has 0 bridgehead atoms. The molecule has 6 nitrogen and oxygen atoms in total. The third-order valence-corrected chi connectivity index (χ3v) is 7.05. The molecule has 2 aromatic rings. The van der Waals surface area contributed by atoms with Gasteiger partial charge in [0.25, 0.3) is 10.0 Å². The fourth-order valence-corrected chi connectivity index (χ4v) is 5.16. The van der Waals surface area contributed by atoms with E-state index in [0.29, 0.717) is 18.8 Å². The Labute approximate surface area is 173 Å². The standard InChI is InChI=1S/C22H28N2O4S/c1-4-18-8-10-19(11-9-18)24(16-22(25)23-13-5-6-14-23)29(26,27)21-15-17(2)7-12-20(21)28-3/h7-12,15H,4-6,13-14,16H2,1-3H3. The van der Waals surface area contributed by atoms with Crippen molar-refractivity contribution in [1.29, 1.82) is 0 Å². The van der Waals surface area contributed by atoms with Crippen LogP contribution in [0.25, 0.3) is 0 Å². The van der Waals surface area contributed by atoms with Crippen LogP contribution in [0.2, 0.25) is 0 Å². The van der Waals surface area contributed by atoms with E-state index in [9.17, 15) is 13.2 Å². The van der Waals surface area contributed by atoms with Gasteiger partial charge in [-0.1, -0.05) is 25.1 Å². The van der Waals surface area contributed by atoms with Gasteiger partial charge in [-0.2, -0.15) is 0 Å². The Balaban J connectivity index is 2.05. The average Bonchev–Trinajstić information content (AvgIpc) is 3.27. The van der Waals surface area contributed by atoms with Gasteiger partial charge in [0.15, 0.2) is 0 Å². The molecule has 0 atom stereocenters. The zero-order valence-electron chi connectivity index (χ0n) is 17.2. The van der Waals surface area contributed by atoms with E-state index >= 15 is 0 Å². The maximum atomic E-state index is 13.6. The molecule has 1 fully saturated rings. The van der Waals surface area contributed by atoms with Crippen molar-refractivity contribution >= 4 is 21.6 Å². The van der Waals surface area contributed by atoms with Crippen molar-refractivity contribution in [2.75, 3.05) is 31.0 Å². The summed E-state index contributed by atoms with van der Waals surface area (Å²) in [6.07, 6.45) is 2.76. The summed E-state index contributed by atoms with van der Waals surface area (Å²) in [7, 11) is -2.56. The Kier molecular flexibility index (Phi) is 6.47. The molecule has 0 radical (unpaired) electrons. The number of anilines is 1. The van der Waals surface area contributed by atoms with Gasteiger partial charge >= 0.3 is 0 Å². The van der Waals surface area contributed by atoms with Crippen molar-refractivity contribution in [3.63, 3.8) is 0 Å². The summed E-state index contributed by atoms with van der Waals surface area (Å²) in [6.45, 7) is 4.99. The van der Waals surface area contributed by atoms with Crippen molar-refractivity contribution < 1.29 is 17.9 Å². The molecule has 3 rings (SSSR count). The Morgan fingerprint density at radius 3 is 2.34 bits per heavy atom. The second kappa shape index (κ2) is 8.86. The van der Waals surface area contributed by atoms with E-state index in [2.05, 4.69) is 0 Å². The first-order chi connectivity index (χ1) is 13.9. The van der Waals surface area contributed by atoms with Gasteiger partial charge in [-0.15, -0.1) is 0 Å². The summed E-state index contributed by atoms with van der Waals surface area (Å²) < 4.78 is 33.8. The molecule has 156 valence electrons. The lowest BCUT2D eigenvalue weighted by Crippen LogP contribution is -2.42. The number of aryl methyl sites for hydroxylation is 2. The first-order valence-corrected chi connectivity index (χ1v) is 11.3. The number of rotatable bonds is 7. The largest absolute Gasteiger partial charge is 0.495 e. The van der Waals surface area contributed by atoms with Gasteiger partial charge < -0.3 is 9.64 Å². The van der Waals surface area contributed by atoms with E-state index in [1.807, 2.05) is 26.0 Å². The molecular weight excluding hydrogens is 388 g/mol. The lowest BCUT2D eigenvalue weighted by Gasteiger charge is -2.27. The first kappa shape index (κ1) is 21.2. The lowest BCUT2D eigenvalue weighted by atomic mass is 10.1. The summed E-state index contributed by atoms with van der Waals surface area (Å²) in [5.74, 6) is 0.0802. The van der Waals surface area contributed by atoms with Crippen molar-refractivity contribution in [2.45, 2.75) is 38.0 Å². The monoisotopic (exact) mass is 416 g/mol. The lowest BCUT2D eigenvalue weighted by molar-refractivity contribution is -0.128. The number of hydrogen-bond acceptors (Lipinski definition) is 4. The number of carbonyl (C=O) groups is 1. The van der Waals surface area contributed by atoms with Gasteiger partial charge in [-0.3, -0.25) is 9.10 Å². The van der Waals surface area contributed by atoms with E-state index in [-0.39, 0.29) is 23.1 Å². The van der Waals surface area contributed by atoms with Gasteiger partial charge in [0, 0.05) is 13.1 Å². The van der Waals surface area contributed by atoms with E-state index in [0.717, 1.165) is 30.4 Å². The highest BCUT2D eigenvalue weighted by Crippen LogP contribution is 2.31. The number of likely N-dealkylation sites (tertiary alicyclic amines) is 1. The highest BCUT2D eigenvalue weighted by atomic mass is 32.2. The van der Waals surface area contributed by atoms with E-state index in [4.69, 9.17) is 4.74 Å². The van der Waals surface area contributed by atoms with Crippen LogP contribution in [0.15, 0.2) is 47.4 Å². The Morgan fingerprint density at radius 2 is 1.76 bits per heavy atom. The third kappa shape index (κ3) is 4.56. The minimum Gasteiger partial charge on any atom is -0.495 e. The third-order valence-electron chi connectivity index (χ3n) is 5.26. The first-order valence-electron chi connectivity index (χ1n) is 9.91. The molecule has 1 aliphatic rings. The van der Waals surface area contributed by atoms with Crippen LogP contribution in [0.1, 0.15) is 30.9 Å². The highest BCUT2D eigenvalue weighted by molar-refractivity contribution is 7.93. The van der Waals surface area contributed by atoms with E-state index in [1.54, 1.807) is 35.2 Å². The molecule has 1 amide bonds. The fourth-order valence-electron chi connectivity index (χ4n) is 3.51. The second-order valence-electron chi connectivity index (χ2n) is 7.27. The Morgan fingerprint density at radius 1 is 1.10 bits per heavy atom. The van der Waals surface area contributed by atoms with Gasteiger partial charge in [0.2, 0.25) is 5.91 Å². The van der Waals surface area contributed by atoms with Crippen LogP contribution >= 0.6 is 0 Å². The number of benzene rings is 2. The second-order valence-corrected chi connectivity index (χ2v) is 9.10. The van der Waals surface area contributed by atoms with E-state index in [1.165, 1.54) is 11.4 Å². The SMILES string of the molecule is CCc1ccc(N(CC(=O)N2CCCC2)S(=O)(=O)c2cc(C)ccc2OC)cc1. The number of methoxy groups -OCH3 is 1. The van der Waals surface area contributed by atoms with Crippen LogP contribution in [0, 0.1) is 6.92 Å². The average molecular weight is 417 g/mol. The maximum Gasteiger partial charge on any atom is 0.268 e. The number of ether oxygens (including phenoxy) is 1.